The topological polar surface area (TPSA) is 66.5 Å². The van der Waals surface area contributed by atoms with Gasteiger partial charge in [0.1, 0.15) is 6.04 Å². The molecule has 1 heterocycles. The first-order valence-corrected chi connectivity index (χ1v) is 7.88. The highest BCUT2D eigenvalue weighted by Gasteiger charge is 2.40. The van der Waals surface area contributed by atoms with Gasteiger partial charge < -0.3 is 5.32 Å². The minimum atomic E-state index is -0.966. The Balaban J connectivity index is 1.80. The lowest BCUT2D eigenvalue weighted by atomic mass is 10.1. The van der Waals surface area contributed by atoms with Crippen molar-refractivity contribution in [2.45, 2.75) is 13.0 Å². The zero-order chi connectivity index (χ0) is 17.4. The average molecular weight is 363 g/mol. The molecule has 3 rings (SSSR count). The standard InChI is InChI=1S/C17H12Cl2N2O3/c1-9(15(22)20-10-6-7-13(18)14(19)8-10)21-16(23)11-4-2-3-5-12(11)17(21)24/h2-9H,1H3,(H,20,22). The summed E-state index contributed by atoms with van der Waals surface area (Å²) in [5.74, 6) is -1.46. The Morgan fingerprint density at radius 2 is 1.58 bits per heavy atom. The van der Waals surface area contributed by atoms with Crippen molar-refractivity contribution in [3.8, 4) is 0 Å². The van der Waals surface area contributed by atoms with Crippen LogP contribution in [0.1, 0.15) is 27.6 Å². The number of hydrogen-bond acceptors (Lipinski definition) is 3. The number of fused-ring (bicyclic) bond motifs is 1. The minimum absolute atomic E-state index is 0.294. The lowest BCUT2D eigenvalue weighted by Gasteiger charge is -2.21. The average Bonchev–Trinajstić information content (AvgIpc) is 2.82. The van der Waals surface area contributed by atoms with Crippen LogP contribution >= 0.6 is 23.2 Å². The third-order valence-corrected chi connectivity index (χ3v) is 4.52. The number of hydrogen-bond donors (Lipinski definition) is 1. The molecule has 0 fully saturated rings. The highest BCUT2D eigenvalue weighted by Crippen LogP contribution is 2.27. The zero-order valence-electron chi connectivity index (χ0n) is 12.5. The van der Waals surface area contributed by atoms with Gasteiger partial charge in [0.2, 0.25) is 5.91 Å². The van der Waals surface area contributed by atoms with Gasteiger partial charge in [-0.3, -0.25) is 19.3 Å². The molecule has 1 unspecified atom stereocenters. The molecule has 7 heteroatoms. The second-order valence-electron chi connectivity index (χ2n) is 5.32. The van der Waals surface area contributed by atoms with Gasteiger partial charge in [-0.15, -0.1) is 0 Å². The summed E-state index contributed by atoms with van der Waals surface area (Å²) in [6, 6.07) is 10.1. The minimum Gasteiger partial charge on any atom is -0.324 e. The van der Waals surface area contributed by atoms with E-state index in [0.29, 0.717) is 26.9 Å². The van der Waals surface area contributed by atoms with E-state index in [0.717, 1.165) is 4.90 Å². The number of amides is 3. The largest absolute Gasteiger partial charge is 0.324 e. The van der Waals surface area contributed by atoms with E-state index in [-0.39, 0.29) is 0 Å². The van der Waals surface area contributed by atoms with Crippen LogP contribution in [-0.4, -0.2) is 28.7 Å². The number of nitrogens with one attached hydrogen (secondary N) is 1. The Morgan fingerprint density at radius 1 is 1.00 bits per heavy atom. The Kier molecular flexibility index (Phi) is 4.30. The van der Waals surface area contributed by atoms with Crippen LogP contribution in [0.3, 0.4) is 0 Å². The molecule has 1 aliphatic heterocycles. The summed E-state index contributed by atoms with van der Waals surface area (Å²) in [5, 5.41) is 3.28. The molecule has 0 bridgehead atoms. The van der Waals surface area contributed by atoms with Gasteiger partial charge in [0.15, 0.2) is 0 Å². The number of carbonyl (C=O) groups is 3. The van der Waals surface area contributed by atoms with Gasteiger partial charge in [-0.1, -0.05) is 35.3 Å². The molecule has 2 aromatic rings. The van der Waals surface area contributed by atoms with E-state index in [2.05, 4.69) is 5.32 Å². The van der Waals surface area contributed by atoms with Crippen LogP contribution in [0.5, 0.6) is 0 Å². The van der Waals surface area contributed by atoms with E-state index in [1.54, 1.807) is 36.4 Å². The maximum absolute atomic E-state index is 12.4. The first kappa shape index (κ1) is 16.5. The summed E-state index contributed by atoms with van der Waals surface area (Å²) in [4.78, 5) is 38.1. The van der Waals surface area contributed by atoms with E-state index in [9.17, 15) is 14.4 Å². The number of nitrogens with zero attached hydrogens (tertiary/aromatic N) is 1. The summed E-state index contributed by atoms with van der Waals surface area (Å²) in [7, 11) is 0. The van der Waals surface area contributed by atoms with Crippen molar-refractivity contribution in [3.63, 3.8) is 0 Å². The third kappa shape index (κ3) is 2.77. The first-order chi connectivity index (χ1) is 11.4. The molecule has 2 aromatic carbocycles. The van der Waals surface area contributed by atoms with Crippen LogP contribution in [-0.2, 0) is 4.79 Å². The van der Waals surface area contributed by atoms with Crippen molar-refractivity contribution in [1.29, 1.82) is 0 Å². The SMILES string of the molecule is CC(C(=O)Nc1ccc(Cl)c(Cl)c1)N1C(=O)c2ccccc2C1=O. The van der Waals surface area contributed by atoms with E-state index in [1.807, 2.05) is 0 Å². The Hall–Kier alpha value is -2.37. The normalized spacial score (nSPS) is 14.5. The predicted octanol–water partition coefficient (Wildman–Crippen LogP) is 3.62. The van der Waals surface area contributed by atoms with E-state index in [1.165, 1.54) is 13.0 Å². The van der Waals surface area contributed by atoms with Gasteiger partial charge in [0, 0.05) is 5.69 Å². The number of rotatable bonds is 3. The fourth-order valence-corrected chi connectivity index (χ4v) is 2.80. The molecule has 5 nitrogen and oxygen atoms in total. The number of halogens is 2. The molecule has 1 atom stereocenters. The molecule has 0 aliphatic carbocycles. The molecular formula is C17H12Cl2N2O3. The Morgan fingerprint density at radius 3 is 2.12 bits per heavy atom. The second kappa shape index (κ2) is 6.26. The molecule has 0 radical (unpaired) electrons. The van der Waals surface area contributed by atoms with Gasteiger partial charge in [-0.25, -0.2) is 0 Å². The molecule has 0 spiro atoms. The lowest BCUT2D eigenvalue weighted by molar-refractivity contribution is -0.119. The molecule has 1 aliphatic rings. The Bertz CT molecular complexity index is 832. The number of benzene rings is 2. The van der Waals surface area contributed by atoms with Crippen molar-refractivity contribution >= 4 is 46.6 Å². The maximum Gasteiger partial charge on any atom is 0.262 e. The van der Waals surface area contributed by atoms with Crippen LogP contribution < -0.4 is 5.32 Å². The second-order valence-corrected chi connectivity index (χ2v) is 6.13. The van der Waals surface area contributed by atoms with Crippen molar-refractivity contribution in [1.82, 2.24) is 4.90 Å². The predicted molar refractivity (Wildman–Crippen MR) is 91.5 cm³/mol. The number of imide groups is 1. The molecule has 3 amide bonds. The maximum atomic E-state index is 12.4. The lowest BCUT2D eigenvalue weighted by Crippen LogP contribution is -2.45. The molecule has 24 heavy (non-hydrogen) atoms. The number of carbonyl (C=O) groups excluding carboxylic acids is 3. The van der Waals surface area contributed by atoms with Gasteiger partial charge in [-0.05, 0) is 37.3 Å². The van der Waals surface area contributed by atoms with Crippen LogP contribution in [0.4, 0.5) is 5.69 Å². The van der Waals surface area contributed by atoms with Crippen molar-refractivity contribution in [2.75, 3.05) is 5.32 Å². The monoisotopic (exact) mass is 362 g/mol. The molecular weight excluding hydrogens is 351 g/mol. The van der Waals surface area contributed by atoms with Crippen LogP contribution in [0, 0.1) is 0 Å². The molecule has 1 N–H and O–H groups in total. The van der Waals surface area contributed by atoms with Crippen molar-refractivity contribution < 1.29 is 14.4 Å². The van der Waals surface area contributed by atoms with E-state index >= 15 is 0 Å². The highest BCUT2D eigenvalue weighted by molar-refractivity contribution is 6.42. The molecule has 0 saturated carbocycles. The highest BCUT2D eigenvalue weighted by atomic mass is 35.5. The summed E-state index contributed by atoms with van der Waals surface area (Å²) < 4.78 is 0. The van der Waals surface area contributed by atoms with Crippen LogP contribution in [0.25, 0.3) is 0 Å². The van der Waals surface area contributed by atoms with Gasteiger partial charge >= 0.3 is 0 Å². The summed E-state index contributed by atoms with van der Waals surface area (Å²) in [5.41, 5.74) is 1.03. The van der Waals surface area contributed by atoms with Gasteiger partial charge in [0.25, 0.3) is 11.8 Å². The van der Waals surface area contributed by atoms with Crippen LogP contribution in [0.2, 0.25) is 10.0 Å². The van der Waals surface area contributed by atoms with Gasteiger partial charge in [-0.2, -0.15) is 0 Å². The Labute approximate surface area is 148 Å². The molecule has 0 aromatic heterocycles. The quantitative estimate of drug-likeness (QED) is 0.848. The van der Waals surface area contributed by atoms with E-state index in [4.69, 9.17) is 23.2 Å². The smallest absolute Gasteiger partial charge is 0.262 e. The first-order valence-electron chi connectivity index (χ1n) is 7.13. The molecule has 122 valence electrons. The number of anilines is 1. The zero-order valence-corrected chi connectivity index (χ0v) is 14.1. The van der Waals surface area contributed by atoms with Gasteiger partial charge in [0.05, 0.1) is 21.2 Å². The third-order valence-electron chi connectivity index (χ3n) is 3.78. The summed E-state index contributed by atoms with van der Waals surface area (Å²) in [6.07, 6.45) is 0. The summed E-state index contributed by atoms with van der Waals surface area (Å²) >= 11 is 11.7. The summed E-state index contributed by atoms with van der Waals surface area (Å²) in [6.45, 7) is 1.49. The fraction of sp³-hybridized carbons (Fsp3) is 0.118. The van der Waals surface area contributed by atoms with Crippen LogP contribution in [0.15, 0.2) is 42.5 Å². The fourth-order valence-electron chi connectivity index (χ4n) is 2.50. The van der Waals surface area contributed by atoms with E-state index < -0.39 is 23.8 Å². The van der Waals surface area contributed by atoms with Crippen molar-refractivity contribution in [3.05, 3.63) is 63.6 Å². The molecule has 0 saturated heterocycles. The van der Waals surface area contributed by atoms with Crippen molar-refractivity contribution in [2.24, 2.45) is 0 Å².